The number of rotatable bonds is 7. The fourth-order valence-corrected chi connectivity index (χ4v) is 2.59. The lowest BCUT2D eigenvalue weighted by Crippen LogP contribution is -2.28. The number of aryl methyl sites for hydroxylation is 2. The zero-order valence-corrected chi connectivity index (χ0v) is 13.4. The van der Waals surface area contributed by atoms with Gasteiger partial charge in [-0.3, -0.25) is 4.68 Å². The fourth-order valence-electron chi connectivity index (χ4n) is 2.59. The third-order valence-electron chi connectivity index (χ3n) is 3.69. The van der Waals surface area contributed by atoms with Crippen molar-refractivity contribution >= 4 is 0 Å². The Bertz CT molecular complexity index is 577. The molecule has 1 aromatic carbocycles. The van der Waals surface area contributed by atoms with Gasteiger partial charge in [0.25, 0.3) is 0 Å². The van der Waals surface area contributed by atoms with Gasteiger partial charge in [-0.1, -0.05) is 25.1 Å². The lowest BCUT2D eigenvalue weighted by atomic mass is 10.1. The molecule has 0 radical (unpaired) electrons. The van der Waals surface area contributed by atoms with Crippen LogP contribution in [0, 0.1) is 0 Å². The van der Waals surface area contributed by atoms with Crippen LogP contribution in [0.4, 0.5) is 0 Å². The molecule has 0 bridgehead atoms. The average molecular weight is 287 g/mol. The van der Waals surface area contributed by atoms with E-state index in [-0.39, 0.29) is 0 Å². The van der Waals surface area contributed by atoms with Crippen LogP contribution in [0.3, 0.4) is 0 Å². The molecule has 0 aliphatic rings. The van der Waals surface area contributed by atoms with E-state index < -0.39 is 0 Å². The van der Waals surface area contributed by atoms with E-state index in [1.807, 2.05) is 23.9 Å². The van der Waals surface area contributed by atoms with Crippen molar-refractivity contribution < 1.29 is 4.74 Å². The first kappa shape index (κ1) is 15.6. The third-order valence-corrected chi connectivity index (χ3v) is 3.69. The summed E-state index contributed by atoms with van der Waals surface area (Å²) in [4.78, 5) is 0. The quantitative estimate of drug-likeness (QED) is 0.851. The van der Waals surface area contributed by atoms with Crippen molar-refractivity contribution in [1.82, 2.24) is 15.1 Å². The molecule has 0 amide bonds. The standard InChI is InChI=1S/C17H25N3O/c1-5-16-15(12-20(3)19-16)11-18-13(2)10-14-8-6-7-9-17(14)21-4/h6-9,12-13,18H,5,10-11H2,1-4H3. The number of benzene rings is 1. The Balaban J connectivity index is 1.94. The lowest BCUT2D eigenvalue weighted by Gasteiger charge is -2.15. The van der Waals surface area contributed by atoms with Gasteiger partial charge in [0.1, 0.15) is 5.75 Å². The molecule has 0 fully saturated rings. The highest BCUT2D eigenvalue weighted by Gasteiger charge is 2.10. The molecule has 4 nitrogen and oxygen atoms in total. The van der Waals surface area contributed by atoms with Crippen LogP contribution in [-0.4, -0.2) is 22.9 Å². The molecule has 114 valence electrons. The monoisotopic (exact) mass is 287 g/mol. The Morgan fingerprint density at radius 1 is 1.29 bits per heavy atom. The molecule has 0 saturated heterocycles. The number of methoxy groups -OCH3 is 1. The van der Waals surface area contributed by atoms with Crippen molar-refractivity contribution in [2.75, 3.05) is 7.11 Å². The second-order valence-corrected chi connectivity index (χ2v) is 5.43. The highest BCUT2D eigenvalue weighted by Crippen LogP contribution is 2.19. The van der Waals surface area contributed by atoms with Gasteiger partial charge in [-0.15, -0.1) is 0 Å². The van der Waals surface area contributed by atoms with Gasteiger partial charge in [-0.2, -0.15) is 5.10 Å². The largest absolute Gasteiger partial charge is 0.496 e. The van der Waals surface area contributed by atoms with E-state index in [0.717, 1.165) is 25.1 Å². The fraction of sp³-hybridized carbons (Fsp3) is 0.471. The van der Waals surface area contributed by atoms with Gasteiger partial charge in [0.15, 0.2) is 0 Å². The molecule has 2 rings (SSSR count). The summed E-state index contributed by atoms with van der Waals surface area (Å²) in [5.74, 6) is 0.960. The summed E-state index contributed by atoms with van der Waals surface area (Å²) in [7, 11) is 3.70. The molecule has 1 heterocycles. The van der Waals surface area contributed by atoms with Crippen LogP contribution < -0.4 is 10.1 Å². The van der Waals surface area contributed by atoms with Crippen LogP contribution >= 0.6 is 0 Å². The van der Waals surface area contributed by atoms with Crippen LogP contribution in [-0.2, 0) is 26.4 Å². The van der Waals surface area contributed by atoms with E-state index in [0.29, 0.717) is 6.04 Å². The van der Waals surface area contributed by atoms with E-state index in [1.54, 1.807) is 7.11 Å². The third kappa shape index (κ3) is 4.08. The van der Waals surface area contributed by atoms with E-state index in [2.05, 4.69) is 42.6 Å². The highest BCUT2D eigenvalue weighted by atomic mass is 16.5. The Hall–Kier alpha value is -1.81. The Kier molecular flexibility index (Phi) is 5.39. The number of ether oxygens (including phenoxy) is 1. The minimum Gasteiger partial charge on any atom is -0.496 e. The van der Waals surface area contributed by atoms with Crippen molar-refractivity contribution in [2.45, 2.75) is 39.3 Å². The Labute approximate surface area is 127 Å². The molecule has 4 heteroatoms. The summed E-state index contributed by atoms with van der Waals surface area (Å²) in [6.07, 6.45) is 4.02. The molecule has 2 aromatic rings. The minimum absolute atomic E-state index is 0.381. The molecular weight excluding hydrogens is 262 g/mol. The maximum Gasteiger partial charge on any atom is 0.122 e. The summed E-state index contributed by atoms with van der Waals surface area (Å²) in [6, 6.07) is 8.58. The van der Waals surface area contributed by atoms with Gasteiger partial charge < -0.3 is 10.1 Å². The van der Waals surface area contributed by atoms with Crippen molar-refractivity contribution in [1.29, 1.82) is 0 Å². The molecule has 21 heavy (non-hydrogen) atoms. The number of hydrogen-bond donors (Lipinski definition) is 1. The first-order valence-electron chi connectivity index (χ1n) is 7.50. The van der Waals surface area contributed by atoms with E-state index >= 15 is 0 Å². The SMILES string of the molecule is CCc1nn(C)cc1CNC(C)Cc1ccccc1OC. The Morgan fingerprint density at radius 2 is 2.05 bits per heavy atom. The summed E-state index contributed by atoms with van der Waals surface area (Å²) >= 11 is 0. The van der Waals surface area contributed by atoms with E-state index in [4.69, 9.17) is 4.74 Å². The number of aromatic nitrogens is 2. The predicted octanol–water partition coefficient (Wildman–Crippen LogP) is 2.71. The van der Waals surface area contributed by atoms with Gasteiger partial charge in [-0.05, 0) is 31.4 Å². The van der Waals surface area contributed by atoms with Crippen molar-refractivity contribution in [3.05, 3.63) is 47.3 Å². The van der Waals surface area contributed by atoms with Crippen molar-refractivity contribution in [2.24, 2.45) is 7.05 Å². The molecule has 0 spiro atoms. The molecule has 0 aliphatic carbocycles. The van der Waals surface area contributed by atoms with Crippen LogP contribution in [0.15, 0.2) is 30.5 Å². The van der Waals surface area contributed by atoms with E-state index in [1.165, 1.54) is 16.8 Å². The topological polar surface area (TPSA) is 39.1 Å². The summed E-state index contributed by atoms with van der Waals surface area (Å²) < 4.78 is 7.30. The van der Waals surface area contributed by atoms with Gasteiger partial charge in [0.05, 0.1) is 12.8 Å². The molecule has 0 saturated carbocycles. The number of nitrogens with one attached hydrogen (secondary N) is 1. The average Bonchev–Trinajstić information content (AvgIpc) is 2.86. The second-order valence-electron chi connectivity index (χ2n) is 5.43. The molecular formula is C17H25N3O. The van der Waals surface area contributed by atoms with Gasteiger partial charge in [0, 0.05) is 31.4 Å². The smallest absolute Gasteiger partial charge is 0.122 e. The molecule has 1 aromatic heterocycles. The Morgan fingerprint density at radius 3 is 2.76 bits per heavy atom. The summed E-state index contributed by atoms with van der Waals surface area (Å²) in [5.41, 5.74) is 3.70. The lowest BCUT2D eigenvalue weighted by molar-refractivity contribution is 0.406. The first-order valence-corrected chi connectivity index (χ1v) is 7.50. The maximum absolute atomic E-state index is 5.41. The zero-order chi connectivity index (χ0) is 15.2. The molecule has 1 unspecified atom stereocenters. The zero-order valence-electron chi connectivity index (χ0n) is 13.4. The maximum atomic E-state index is 5.41. The van der Waals surface area contributed by atoms with Crippen molar-refractivity contribution in [3.8, 4) is 5.75 Å². The van der Waals surface area contributed by atoms with Crippen LogP contribution in [0.1, 0.15) is 30.7 Å². The first-order chi connectivity index (χ1) is 10.1. The molecule has 1 N–H and O–H groups in total. The van der Waals surface area contributed by atoms with Gasteiger partial charge in [0.2, 0.25) is 0 Å². The van der Waals surface area contributed by atoms with Crippen LogP contribution in [0.2, 0.25) is 0 Å². The van der Waals surface area contributed by atoms with E-state index in [9.17, 15) is 0 Å². The number of hydrogen-bond acceptors (Lipinski definition) is 3. The van der Waals surface area contributed by atoms with Crippen molar-refractivity contribution in [3.63, 3.8) is 0 Å². The minimum atomic E-state index is 0.381. The summed E-state index contributed by atoms with van der Waals surface area (Å²) in [5, 5.41) is 8.05. The van der Waals surface area contributed by atoms with Crippen LogP contribution in [0.5, 0.6) is 5.75 Å². The van der Waals surface area contributed by atoms with Crippen LogP contribution in [0.25, 0.3) is 0 Å². The highest BCUT2D eigenvalue weighted by molar-refractivity contribution is 5.33. The molecule has 0 aliphatic heterocycles. The summed E-state index contributed by atoms with van der Waals surface area (Å²) in [6.45, 7) is 5.20. The number of nitrogens with zero attached hydrogens (tertiary/aromatic N) is 2. The number of para-hydroxylation sites is 1. The van der Waals surface area contributed by atoms with Gasteiger partial charge >= 0.3 is 0 Å². The second kappa shape index (κ2) is 7.27. The molecule has 1 atom stereocenters. The normalized spacial score (nSPS) is 12.4. The predicted molar refractivity (Wildman–Crippen MR) is 85.6 cm³/mol. The van der Waals surface area contributed by atoms with Gasteiger partial charge in [-0.25, -0.2) is 0 Å².